The highest BCUT2D eigenvalue weighted by atomic mass is 35.5. The van der Waals surface area contributed by atoms with Crippen LogP contribution in [0.3, 0.4) is 0 Å². The monoisotopic (exact) mass is 542 g/mol. The Kier molecular flexibility index (Phi) is 9.86. The Bertz CT molecular complexity index is 1070. The van der Waals surface area contributed by atoms with Gasteiger partial charge in [0.1, 0.15) is 5.54 Å². The number of carboxylic acids is 1. The molecule has 1 aliphatic heterocycles. The smallest absolute Gasteiger partial charge is 0.387 e. The van der Waals surface area contributed by atoms with Crippen molar-refractivity contribution in [2.75, 3.05) is 38.7 Å². The van der Waals surface area contributed by atoms with Gasteiger partial charge in [-0.1, -0.05) is 25.4 Å². The summed E-state index contributed by atoms with van der Waals surface area (Å²) in [5.74, 6) is -2.08. The number of likely N-dealkylation sites (tertiary alicyclic amines) is 1. The lowest BCUT2D eigenvalue weighted by molar-refractivity contribution is -0.143. The maximum atomic E-state index is 13.9. The molecule has 3 rings (SSSR count). The summed E-state index contributed by atoms with van der Waals surface area (Å²) >= 11 is 5.95. The number of benzene rings is 1. The highest BCUT2D eigenvalue weighted by Gasteiger charge is 2.45. The van der Waals surface area contributed by atoms with E-state index in [0.29, 0.717) is 45.5 Å². The number of amides is 1. The maximum absolute atomic E-state index is 13.9. The third-order valence-corrected chi connectivity index (χ3v) is 6.92. The van der Waals surface area contributed by atoms with E-state index in [4.69, 9.17) is 16.3 Å². The van der Waals surface area contributed by atoms with E-state index in [0.717, 1.165) is 5.69 Å². The number of carboxylic acid groups (broad SMARTS) is 1. The molecule has 1 amide bonds. The molecule has 0 radical (unpaired) electrons. The molecule has 37 heavy (non-hydrogen) atoms. The number of alkyl halides is 2. The number of rotatable bonds is 12. The van der Waals surface area contributed by atoms with Gasteiger partial charge in [-0.2, -0.15) is 13.9 Å². The number of aromatic nitrogens is 2. The number of carbonyl (C=O) groups excluding carboxylic acids is 1. The average molecular weight is 543 g/mol. The number of halogens is 3. The lowest BCUT2D eigenvalue weighted by Crippen LogP contribution is -2.55. The van der Waals surface area contributed by atoms with Crippen LogP contribution in [0.4, 0.5) is 14.5 Å². The topological polar surface area (TPSA) is 106 Å². The van der Waals surface area contributed by atoms with Gasteiger partial charge in [0.05, 0.1) is 11.6 Å². The molecule has 0 aliphatic carbocycles. The normalized spacial score (nSPS) is 16.6. The minimum atomic E-state index is -3.09. The molecule has 1 aliphatic rings. The number of nitrogens with zero attached hydrogens (tertiary/aromatic N) is 3. The molecule has 204 valence electrons. The summed E-state index contributed by atoms with van der Waals surface area (Å²) in [7, 11) is 1.53. The van der Waals surface area contributed by atoms with Crippen molar-refractivity contribution >= 4 is 29.2 Å². The van der Waals surface area contributed by atoms with Crippen LogP contribution < -0.4 is 10.1 Å². The van der Waals surface area contributed by atoms with Crippen molar-refractivity contribution in [2.45, 2.75) is 51.2 Å². The first-order valence-corrected chi connectivity index (χ1v) is 12.5. The highest BCUT2D eigenvalue weighted by Crippen LogP contribution is 2.37. The van der Waals surface area contributed by atoms with Crippen LogP contribution >= 0.6 is 11.6 Å². The number of anilines is 1. The molecule has 1 saturated heterocycles. The van der Waals surface area contributed by atoms with Gasteiger partial charge in [-0.05, 0) is 43.4 Å². The van der Waals surface area contributed by atoms with Gasteiger partial charge in [0.25, 0.3) is 5.91 Å². The van der Waals surface area contributed by atoms with E-state index in [1.165, 1.54) is 25.3 Å². The summed E-state index contributed by atoms with van der Waals surface area (Å²) in [5.41, 5.74) is -0.195. The zero-order valence-corrected chi connectivity index (χ0v) is 21.9. The maximum Gasteiger partial charge on any atom is 0.387 e. The molecule has 1 aromatic heterocycles. The van der Waals surface area contributed by atoms with Gasteiger partial charge in [-0.15, -0.1) is 0 Å². The van der Waals surface area contributed by atoms with E-state index in [2.05, 4.69) is 15.2 Å². The lowest BCUT2D eigenvalue weighted by atomic mass is 9.85. The Hall–Kier alpha value is -2.76. The Morgan fingerprint density at radius 2 is 1.95 bits per heavy atom. The predicted molar refractivity (Wildman–Crippen MR) is 134 cm³/mol. The molecular weight excluding hydrogens is 510 g/mol. The molecule has 0 bridgehead atoms. The third-order valence-electron chi connectivity index (χ3n) is 6.68. The van der Waals surface area contributed by atoms with Gasteiger partial charge in [0.2, 0.25) is 0 Å². The number of methoxy groups -OCH3 is 1. The molecule has 1 aromatic carbocycles. The summed E-state index contributed by atoms with van der Waals surface area (Å²) in [6.45, 7) is 2.46. The highest BCUT2D eigenvalue weighted by molar-refractivity contribution is 6.30. The molecule has 2 N–H and O–H groups in total. The number of nitrogens with one attached hydrogen (secondary N) is 1. The molecular formula is C25H33ClF2N4O5. The summed E-state index contributed by atoms with van der Waals surface area (Å²) in [5, 5.41) is 17.0. The SMILES string of the molecule is COCCC(CN1CCC(C(=O)Nc2ccc(Cl)cc2OC(F)F)(n2nccc2C(C)C)CC1)C(=O)O. The van der Waals surface area contributed by atoms with E-state index in [1.54, 1.807) is 10.9 Å². The van der Waals surface area contributed by atoms with Crippen molar-refractivity contribution < 1.29 is 33.0 Å². The minimum absolute atomic E-state index is 0.0697. The molecule has 9 nitrogen and oxygen atoms in total. The van der Waals surface area contributed by atoms with Crippen molar-refractivity contribution in [1.82, 2.24) is 14.7 Å². The van der Waals surface area contributed by atoms with Crippen molar-refractivity contribution in [1.29, 1.82) is 0 Å². The molecule has 0 spiro atoms. The van der Waals surface area contributed by atoms with Crippen LogP contribution in [0.5, 0.6) is 5.75 Å². The van der Waals surface area contributed by atoms with Gasteiger partial charge in [-0.3, -0.25) is 14.3 Å². The van der Waals surface area contributed by atoms with Crippen LogP contribution in [0, 0.1) is 5.92 Å². The fraction of sp³-hybridized carbons (Fsp3) is 0.560. The van der Waals surface area contributed by atoms with Gasteiger partial charge in [0.15, 0.2) is 5.75 Å². The van der Waals surface area contributed by atoms with Crippen molar-refractivity contribution in [3.8, 4) is 5.75 Å². The summed E-state index contributed by atoms with van der Waals surface area (Å²) in [6, 6.07) is 5.97. The molecule has 2 heterocycles. The van der Waals surface area contributed by atoms with Crippen LogP contribution in [-0.4, -0.2) is 71.6 Å². The summed E-state index contributed by atoms with van der Waals surface area (Å²) in [4.78, 5) is 27.6. The summed E-state index contributed by atoms with van der Waals surface area (Å²) < 4.78 is 37.3. The Morgan fingerprint density at radius 1 is 1.24 bits per heavy atom. The first-order chi connectivity index (χ1) is 17.6. The number of carbonyl (C=O) groups is 2. The van der Waals surface area contributed by atoms with Crippen molar-refractivity contribution in [3.63, 3.8) is 0 Å². The minimum Gasteiger partial charge on any atom is -0.481 e. The van der Waals surface area contributed by atoms with Crippen LogP contribution in [0.15, 0.2) is 30.5 Å². The van der Waals surface area contributed by atoms with E-state index in [-0.39, 0.29) is 22.4 Å². The van der Waals surface area contributed by atoms with Crippen LogP contribution in [0.2, 0.25) is 5.02 Å². The van der Waals surface area contributed by atoms with Crippen LogP contribution in [-0.2, 0) is 19.9 Å². The van der Waals surface area contributed by atoms with E-state index < -0.39 is 29.9 Å². The zero-order chi connectivity index (χ0) is 27.2. The van der Waals surface area contributed by atoms with Crippen LogP contribution in [0.1, 0.15) is 44.7 Å². The number of hydrogen-bond acceptors (Lipinski definition) is 6. The number of piperidine rings is 1. The van der Waals surface area contributed by atoms with Gasteiger partial charge in [-0.25, -0.2) is 0 Å². The molecule has 12 heteroatoms. The Balaban J connectivity index is 1.89. The number of hydrogen-bond donors (Lipinski definition) is 2. The standard InChI is InChI=1S/C25H33ClF2N4O5/c1-16(2)20-6-10-29-32(20)25(8-11-31(12-9-25)15-17(22(33)34)7-13-36-3)23(35)30-19-5-4-18(26)14-21(19)37-24(27)28/h4-6,10,14,16-17,24H,7-9,11-13,15H2,1-3H3,(H,30,35)(H,33,34). The van der Waals surface area contributed by atoms with E-state index >= 15 is 0 Å². The molecule has 1 unspecified atom stereocenters. The number of ether oxygens (including phenoxy) is 2. The fourth-order valence-corrected chi connectivity index (χ4v) is 4.81. The van der Waals surface area contributed by atoms with Crippen LogP contribution in [0.25, 0.3) is 0 Å². The second-order valence-electron chi connectivity index (χ2n) is 9.44. The average Bonchev–Trinajstić information content (AvgIpc) is 3.34. The Labute approximate surface area is 219 Å². The first kappa shape index (κ1) is 28.8. The molecule has 1 atom stereocenters. The molecule has 1 fully saturated rings. The molecule has 2 aromatic rings. The fourth-order valence-electron chi connectivity index (χ4n) is 4.65. The zero-order valence-electron chi connectivity index (χ0n) is 21.1. The van der Waals surface area contributed by atoms with Crippen molar-refractivity contribution in [3.05, 3.63) is 41.2 Å². The quantitative estimate of drug-likeness (QED) is 0.409. The lowest BCUT2D eigenvalue weighted by Gasteiger charge is -2.42. The number of aliphatic carboxylic acids is 1. The second-order valence-corrected chi connectivity index (χ2v) is 9.88. The van der Waals surface area contributed by atoms with Gasteiger partial charge < -0.3 is 24.8 Å². The largest absolute Gasteiger partial charge is 0.481 e. The Morgan fingerprint density at radius 3 is 2.54 bits per heavy atom. The van der Waals surface area contributed by atoms with Gasteiger partial charge in [0, 0.05) is 56.3 Å². The third kappa shape index (κ3) is 6.97. The van der Waals surface area contributed by atoms with Crippen molar-refractivity contribution in [2.24, 2.45) is 5.92 Å². The summed E-state index contributed by atoms with van der Waals surface area (Å²) in [6.07, 6.45) is 2.70. The molecule has 0 saturated carbocycles. The first-order valence-electron chi connectivity index (χ1n) is 12.1. The van der Waals surface area contributed by atoms with E-state index in [9.17, 15) is 23.5 Å². The van der Waals surface area contributed by atoms with Gasteiger partial charge >= 0.3 is 12.6 Å². The van der Waals surface area contributed by atoms with E-state index in [1.807, 2.05) is 24.8 Å². The predicted octanol–water partition coefficient (Wildman–Crippen LogP) is 4.43. The second kappa shape index (κ2) is 12.7.